The Bertz CT molecular complexity index is 847. The molecule has 2 aliphatic rings. The zero-order chi connectivity index (χ0) is 19.2. The lowest BCUT2D eigenvalue weighted by atomic mass is 9.70. The van der Waals surface area contributed by atoms with Crippen LogP contribution in [0, 0.1) is 5.41 Å². The number of dihydropyridines is 1. The maximum atomic E-state index is 13.1. The minimum atomic E-state index is -0.383. The molecule has 1 N–H and O–H groups in total. The summed E-state index contributed by atoms with van der Waals surface area (Å²) in [7, 11) is 1.39. The van der Waals surface area contributed by atoms with E-state index in [0.717, 1.165) is 39.2 Å². The third kappa shape index (κ3) is 3.29. The number of hydrogen-bond acceptors (Lipinski definition) is 5. The van der Waals surface area contributed by atoms with Gasteiger partial charge >= 0.3 is 5.97 Å². The highest BCUT2D eigenvalue weighted by molar-refractivity contribution is 9.10. The van der Waals surface area contributed by atoms with Gasteiger partial charge in [0.1, 0.15) is 0 Å². The zero-order valence-electron chi connectivity index (χ0n) is 15.8. The first-order valence-electron chi connectivity index (χ1n) is 8.79. The number of halogens is 1. The zero-order valence-corrected chi connectivity index (χ0v) is 18.2. The summed E-state index contributed by atoms with van der Waals surface area (Å²) in [6, 6.07) is 2.05. The highest BCUT2D eigenvalue weighted by atomic mass is 79.9. The van der Waals surface area contributed by atoms with E-state index in [4.69, 9.17) is 4.74 Å². The molecular formula is C20H24BrNO3S. The summed E-state index contributed by atoms with van der Waals surface area (Å²) < 4.78 is 6.09. The van der Waals surface area contributed by atoms with Crippen LogP contribution in [0.3, 0.4) is 0 Å². The fourth-order valence-corrected chi connectivity index (χ4v) is 5.95. The molecule has 1 aliphatic heterocycles. The predicted octanol–water partition coefficient (Wildman–Crippen LogP) is 4.85. The molecule has 2 heterocycles. The molecule has 3 rings (SSSR count). The fourth-order valence-electron chi connectivity index (χ4n) is 3.91. The van der Waals surface area contributed by atoms with Crippen molar-refractivity contribution < 1.29 is 14.3 Å². The van der Waals surface area contributed by atoms with Gasteiger partial charge in [-0.15, -0.1) is 11.3 Å². The van der Waals surface area contributed by atoms with Gasteiger partial charge in [0.15, 0.2) is 5.78 Å². The van der Waals surface area contributed by atoms with Gasteiger partial charge in [0.2, 0.25) is 0 Å². The molecule has 1 aromatic heterocycles. The number of esters is 1. The Balaban J connectivity index is 2.20. The normalized spacial score (nSPS) is 22.2. The molecule has 1 unspecified atom stereocenters. The molecule has 26 heavy (non-hydrogen) atoms. The van der Waals surface area contributed by atoms with Crippen LogP contribution in [0.5, 0.6) is 0 Å². The Morgan fingerprint density at radius 1 is 1.42 bits per heavy atom. The average Bonchev–Trinajstić information content (AvgIpc) is 2.92. The molecule has 0 saturated heterocycles. The van der Waals surface area contributed by atoms with Gasteiger partial charge in [-0.05, 0) is 47.2 Å². The summed E-state index contributed by atoms with van der Waals surface area (Å²) in [5.74, 6) is -0.624. The third-order valence-corrected chi connectivity index (χ3v) is 7.34. The van der Waals surface area contributed by atoms with Crippen molar-refractivity contribution in [2.45, 2.75) is 52.9 Å². The molecule has 6 heteroatoms. The van der Waals surface area contributed by atoms with Crippen molar-refractivity contribution in [2.75, 3.05) is 7.11 Å². The Labute approximate surface area is 166 Å². The van der Waals surface area contributed by atoms with Crippen LogP contribution in [0.4, 0.5) is 0 Å². The van der Waals surface area contributed by atoms with Gasteiger partial charge in [-0.25, -0.2) is 4.79 Å². The highest BCUT2D eigenvalue weighted by Gasteiger charge is 2.43. The lowest BCUT2D eigenvalue weighted by Crippen LogP contribution is -2.38. The number of hydrogen-bond donors (Lipinski definition) is 1. The van der Waals surface area contributed by atoms with Crippen LogP contribution in [0.25, 0.3) is 0 Å². The van der Waals surface area contributed by atoms with Gasteiger partial charge in [0.25, 0.3) is 0 Å². The van der Waals surface area contributed by atoms with Gasteiger partial charge in [-0.2, -0.15) is 0 Å². The number of ether oxygens (including phenoxy) is 1. The molecule has 0 fully saturated rings. The molecule has 4 nitrogen and oxygen atoms in total. The Kier molecular flexibility index (Phi) is 5.19. The van der Waals surface area contributed by atoms with E-state index < -0.39 is 0 Å². The second kappa shape index (κ2) is 6.97. The SMILES string of the molecule is CCc1sc(C2C(C(=O)OC)=C(C)NC3=C2C(=O)CC(C)(C)C3)cc1Br. The lowest BCUT2D eigenvalue weighted by molar-refractivity contribution is -0.136. The van der Waals surface area contributed by atoms with E-state index in [9.17, 15) is 9.59 Å². The van der Waals surface area contributed by atoms with E-state index in [2.05, 4.69) is 42.0 Å². The molecule has 1 atom stereocenters. The van der Waals surface area contributed by atoms with E-state index in [-0.39, 0.29) is 23.1 Å². The topological polar surface area (TPSA) is 55.4 Å². The molecule has 0 bridgehead atoms. The van der Waals surface area contributed by atoms with Gasteiger partial charge in [0.05, 0.1) is 18.6 Å². The van der Waals surface area contributed by atoms with Crippen molar-refractivity contribution in [1.82, 2.24) is 5.32 Å². The molecule has 0 amide bonds. The number of aryl methyl sites for hydroxylation is 1. The minimum absolute atomic E-state index is 0.0822. The van der Waals surface area contributed by atoms with Gasteiger partial charge in [-0.1, -0.05) is 20.8 Å². The number of methoxy groups -OCH3 is 1. The summed E-state index contributed by atoms with van der Waals surface area (Å²) in [4.78, 5) is 27.9. The maximum absolute atomic E-state index is 13.1. The van der Waals surface area contributed by atoms with Crippen LogP contribution in [-0.4, -0.2) is 18.9 Å². The average molecular weight is 438 g/mol. The number of carbonyl (C=O) groups excluding carboxylic acids is 2. The number of nitrogens with one attached hydrogen (secondary N) is 1. The maximum Gasteiger partial charge on any atom is 0.336 e. The fraction of sp³-hybridized carbons (Fsp3) is 0.500. The van der Waals surface area contributed by atoms with E-state index in [0.29, 0.717) is 12.0 Å². The van der Waals surface area contributed by atoms with E-state index in [1.165, 1.54) is 12.0 Å². The summed E-state index contributed by atoms with van der Waals surface area (Å²) in [6.07, 6.45) is 2.19. The quantitative estimate of drug-likeness (QED) is 0.686. The lowest BCUT2D eigenvalue weighted by Gasteiger charge is -2.39. The molecule has 0 aromatic carbocycles. The first kappa shape index (κ1) is 19.4. The predicted molar refractivity (Wildman–Crippen MR) is 107 cm³/mol. The van der Waals surface area contributed by atoms with Crippen molar-refractivity contribution in [3.63, 3.8) is 0 Å². The number of Topliss-reactive ketones (excluding diaryl/α,β-unsaturated/α-hetero) is 1. The van der Waals surface area contributed by atoms with Crippen LogP contribution >= 0.6 is 27.3 Å². The Morgan fingerprint density at radius 3 is 2.69 bits per heavy atom. The van der Waals surface area contributed by atoms with Crippen molar-refractivity contribution >= 4 is 39.0 Å². The van der Waals surface area contributed by atoms with Crippen LogP contribution in [0.1, 0.15) is 56.2 Å². The molecular weight excluding hydrogens is 414 g/mol. The number of carbonyl (C=O) groups is 2. The minimum Gasteiger partial charge on any atom is -0.466 e. The smallest absolute Gasteiger partial charge is 0.336 e. The molecule has 1 aromatic rings. The van der Waals surface area contributed by atoms with Gasteiger partial charge in [0, 0.05) is 37.6 Å². The molecule has 0 saturated carbocycles. The van der Waals surface area contributed by atoms with Crippen LogP contribution in [0.2, 0.25) is 0 Å². The summed E-state index contributed by atoms with van der Waals surface area (Å²) in [6.45, 7) is 8.21. The second-order valence-corrected chi connectivity index (χ2v) is 9.72. The standard InChI is InChI=1S/C20H24BrNO3S/c1-6-14-11(21)7-15(26-14)18-16(19(24)25-5)10(2)22-12-8-20(3,4)9-13(23)17(12)18/h7,18,22H,6,8-9H2,1-5H3. The second-order valence-electron chi connectivity index (χ2n) is 7.69. The van der Waals surface area contributed by atoms with Crippen LogP contribution < -0.4 is 5.32 Å². The highest BCUT2D eigenvalue weighted by Crippen LogP contribution is 2.49. The summed E-state index contributed by atoms with van der Waals surface area (Å²) in [5, 5.41) is 3.34. The van der Waals surface area contributed by atoms with Crippen LogP contribution in [0.15, 0.2) is 33.1 Å². The first-order chi connectivity index (χ1) is 12.2. The molecule has 0 radical (unpaired) electrons. The summed E-state index contributed by atoms with van der Waals surface area (Å²) >= 11 is 5.27. The Morgan fingerprint density at radius 2 is 2.12 bits per heavy atom. The molecule has 0 spiro atoms. The third-order valence-electron chi connectivity index (χ3n) is 5.03. The van der Waals surface area contributed by atoms with Crippen molar-refractivity contribution in [2.24, 2.45) is 5.41 Å². The Hall–Kier alpha value is -1.40. The molecule has 140 valence electrons. The van der Waals surface area contributed by atoms with Gasteiger partial charge in [-0.3, -0.25) is 4.79 Å². The first-order valence-corrected chi connectivity index (χ1v) is 10.4. The van der Waals surface area contributed by atoms with Crippen LogP contribution in [-0.2, 0) is 20.7 Å². The van der Waals surface area contributed by atoms with Gasteiger partial charge < -0.3 is 10.1 Å². The van der Waals surface area contributed by atoms with Crippen molar-refractivity contribution in [3.8, 4) is 0 Å². The van der Waals surface area contributed by atoms with Crippen molar-refractivity contribution in [1.29, 1.82) is 0 Å². The summed E-state index contributed by atoms with van der Waals surface area (Å²) in [5.41, 5.74) is 2.90. The van der Waals surface area contributed by atoms with E-state index >= 15 is 0 Å². The number of ketones is 1. The van der Waals surface area contributed by atoms with Crippen molar-refractivity contribution in [3.05, 3.63) is 42.8 Å². The largest absolute Gasteiger partial charge is 0.466 e. The number of allylic oxidation sites excluding steroid dienone is 3. The van der Waals surface area contributed by atoms with E-state index in [1.807, 2.05) is 13.0 Å². The molecule has 1 aliphatic carbocycles. The number of thiophene rings is 1. The van der Waals surface area contributed by atoms with E-state index in [1.54, 1.807) is 11.3 Å². The number of rotatable bonds is 3. The monoisotopic (exact) mass is 437 g/mol.